The fourth-order valence-corrected chi connectivity index (χ4v) is 1.10. The summed E-state index contributed by atoms with van der Waals surface area (Å²) in [5.74, 6) is -1.58. The molecule has 0 saturated heterocycles. The van der Waals surface area contributed by atoms with Crippen molar-refractivity contribution in [2.45, 2.75) is 12.5 Å². The summed E-state index contributed by atoms with van der Waals surface area (Å²) in [6.07, 6.45) is -1.36. The van der Waals surface area contributed by atoms with Crippen LogP contribution in [0.2, 0.25) is 0 Å². The highest BCUT2D eigenvalue weighted by Gasteiger charge is 2.16. The summed E-state index contributed by atoms with van der Waals surface area (Å²) in [7, 11) is 0. The van der Waals surface area contributed by atoms with Gasteiger partial charge in [0.05, 0.1) is 11.7 Å². The zero-order valence-electron chi connectivity index (χ0n) is 6.87. The van der Waals surface area contributed by atoms with Crippen LogP contribution in [0, 0.1) is 11.6 Å². The monoisotopic (exact) mass is 188 g/mol. The molecule has 1 unspecified atom stereocenters. The van der Waals surface area contributed by atoms with Crippen LogP contribution in [0.1, 0.15) is 18.1 Å². The highest BCUT2D eigenvalue weighted by atomic mass is 19.1. The number of hydrogen-bond donors (Lipinski definition) is 2. The Bertz CT molecular complexity index is 269. The first-order valence-corrected chi connectivity index (χ1v) is 3.89. The molecule has 0 radical (unpaired) electrons. The molecule has 13 heavy (non-hydrogen) atoms. The molecule has 4 heteroatoms. The highest BCUT2D eigenvalue weighted by molar-refractivity contribution is 5.21. The van der Waals surface area contributed by atoms with E-state index in [0.717, 1.165) is 12.1 Å². The number of halogens is 2. The smallest absolute Gasteiger partial charge is 0.131 e. The summed E-state index contributed by atoms with van der Waals surface area (Å²) < 4.78 is 25.9. The fourth-order valence-electron chi connectivity index (χ4n) is 1.10. The molecule has 0 bridgehead atoms. The average Bonchev–Trinajstić information content (AvgIpc) is 2.04. The van der Waals surface area contributed by atoms with Crippen LogP contribution in [0.15, 0.2) is 18.2 Å². The topological polar surface area (TPSA) is 40.5 Å². The van der Waals surface area contributed by atoms with Crippen molar-refractivity contribution >= 4 is 0 Å². The first kappa shape index (κ1) is 10.1. The molecule has 0 fully saturated rings. The molecular formula is C9H10F2O2. The minimum atomic E-state index is -1.29. The lowest BCUT2D eigenvalue weighted by molar-refractivity contribution is 0.127. The minimum Gasteiger partial charge on any atom is -0.396 e. The Morgan fingerprint density at radius 2 is 1.77 bits per heavy atom. The zero-order valence-corrected chi connectivity index (χ0v) is 6.87. The Kier molecular flexibility index (Phi) is 3.33. The molecule has 2 N–H and O–H groups in total. The molecule has 0 heterocycles. The van der Waals surface area contributed by atoms with Crippen molar-refractivity contribution < 1.29 is 19.0 Å². The molecule has 1 rings (SSSR count). The van der Waals surface area contributed by atoms with E-state index in [-0.39, 0.29) is 18.6 Å². The van der Waals surface area contributed by atoms with E-state index in [1.807, 2.05) is 0 Å². The van der Waals surface area contributed by atoms with Crippen LogP contribution in [0.25, 0.3) is 0 Å². The molecule has 1 aromatic rings. The summed E-state index contributed by atoms with van der Waals surface area (Å²) in [5.41, 5.74) is -0.378. The standard InChI is InChI=1S/C9H10F2O2/c10-6-2-1-3-7(11)9(6)8(13)4-5-12/h1-3,8,12-13H,4-5H2. The summed E-state index contributed by atoms with van der Waals surface area (Å²) in [6.45, 7) is -0.311. The SMILES string of the molecule is OCCC(O)c1c(F)cccc1F. The predicted molar refractivity (Wildman–Crippen MR) is 43.0 cm³/mol. The van der Waals surface area contributed by atoms with Crippen molar-refractivity contribution in [1.82, 2.24) is 0 Å². The van der Waals surface area contributed by atoms with Crippen molar-refractivity contribution in [2.24, 2.45) is 0 Å². The molecule has 0 spiro atoms. The van der Waals surface area contributed by atoms with Gasteiger partial charge in [-0.15, -0.1) is 0 Å². The van der Waals surface area contributed by atoms with Crippen molar-refractivity contribution in [3.63, 3.8) is 0 Å². The largest absolute Gasteiger partial charge is 0.396 e. The van der Waals surface area contributed by atoms with E-state index >= 15 is 0 Å². The highest BCUT2D eigenvalue weighted by Crippen LogP contribution is 2.22. The van der Waals surface area contributed by atoms with Gasteiger partial charge in [-0.25, -0.2) is 8.78 Å². The number of rotatable bonds is 3. The fraction of sp³-hybridized carbons (Fsp3) is 0.333. The van der Waals surface area contributed by atoms with Crippen LogP contribution in [0.3, 0.4) is 0 Å². The second-order valence-electron chi connectivity index (χ2n) is 2.66. The van der Waals surface area contributed by atoms with Crippen molar-refractivity contribution in [3.05, 3.63) is 35.4 Å². The van der Waals surface area contributed by atoms with Crippen LogP contribution < -0.4 is 0 Å². The van der Waals surface area contributed by atoms with E-state index in [2.05, 4.69) is 0 Å². The molecule has 1 atom stereocenters. The van der Waals surface area contributed by atoms with Gasteiger partial charge in [0.15, 0.2) is 0 Å². The first-order chi connectivity index (χ1) is 6.16. The van der Waals surface area contributed by atoms with Gasteiger partial charge in [0, 0.05) is 13.0 Å². The maximum atomic E-state index is 12.9. The van der Waals surface area contributed by atoms with Crippen LogP contribution in [-0.2, 0) is 0 Å². The van der Waals surface area contributed by atoms with Gasteiger partial charge in [0.2, 0.25) is 0 Å². The average molecular weight is 188 g/mol. The van der Waals surface area contributed by atoms with Crippen molar-refractivity contribution in [2.75, 3.05) is 6.61 Å². The third-order valence-electron chi connectivity index (χ3n) is 1.74. The van der Waals surface area contributed by atoms with Crippen LogP contribution in [0.5, 0.6) is 0 Å². The Balaban J connectivity index is 2.98. The van der Waals surface area contributed by atoms with Crippen LogP contribution in [0.4, 0.5) is 8.78 Å². The number of aliphatic hydroxyl groups is 2. The van der Waals surface area contributed by atoms with Gasteiger partial charge in [0.1, 0.15) is 11.6 Å². The molecule has 0 aliphatic heterocycles. The molecule has 72 valence electrons. The first-order valence-electron chi connectivity index (χ1n) is 3.89. The lowest BCUT2D eigenvalue weighted by Crippen LogP contribution is -2.05. The molecule has 0 aromatic heterocycles. The maximum absolute atomic E-state index is 12.9. The summed E-state index contributed by atoms with van der Waals surface area (Å²) in [5, 5.41) is 17.7. The lowest BCUT2D eigenvalue weighted by atomic mass is 10.1. The normalized spacial score (nSPS) is 12.9. The third-order valence-corrected chi connectivity index (χ3v) is 1.74. The van der Waals surface area contributed by atoms with Gasteiger partial charge in [0.25, 0.3) is 0 Å². The minimum absolute atomic E-state index is 0.0716. The Morgan fingerprint density at radius 3 is 2.23 bits per heavy atom. The van der Waals surface area contributed by atoms with Crippen molar-refractivity contribution in [1.29, 1.82) is 0 Å². The molecule has 0 saturated carbocycles. The van der Waals surface area contributed by atoms with Crippen LogP contribution >= 0.6 is 0 Å². The van der Waals surface area contributed by atoms with Gasteiger partial charge in [-0.3, -0.25) is 0 Å². The van der Waals surface area contributed by atoms with Gasteiger partial charge in [-0.1, -0.05) is 6.07 Å². The van der Waals surface area contributed by atoms with Gasteiger partial charge < -0.3 is 10.2 Å². The van der Waals surface area contributed by atoms with E-state index in [1.165, 1.54) is 6.07 Å². The third kappa shape index (κ3) is 2.23. The molecule has 0 aliphatic carbocycles. The van der Waals surface area contributed by atoms with Crippen molar-refractivity contribution in [3.8, 4) is 0 Å². The van der Waals surface area contributed by atoms with E-state index < -0.39 is 17.7 Å². The van der Waals surface area contributed by atoms with Crippen LogP contribution in [-0.4, -0.2) is 16.8 Å². The second kappa shape index (κ2) is 4.30. The van der Waals surface area contributed by atoms with E-state index in [9.17, 15) is 13.9 Å². The lowest BCUT2D eigenvalue weighted by Gasteiger charge is -2.10. The van der Waals surface area contributed by atoms with Gasteiger partial charge >= 0.3 is 0 Å². The summed E-state index contributed by atoms with van der Waals surface area (Å²) in [4.78, 5) is 0. The van der Waals surface area contributed by atoms with E-state index in [0.29, 0.717) is 0 Å². The Morgan fingerprint density at radius 1 is 1.23 bits per heavy atom. The predicted octanol–water partition coefficient (Wildman–Crippen LogP) is 1.38. The number of hydrogen-bond acceptors (Lipinski definition) is 2. The molecule has 2 nitrogen and oxygen atoms in total. The quantitative estimate of drug-likeness (QED) is 0.752. The van der Waals surface area contributed by atoms with Gasteiger partial charge in [-0.05, 0) is 12.1 Å². The summed E-state index contributed by atoms with van der Waals surface area (Å²) >= 11 is 0. The molecule has 0 amide bonds. The zero-order chi connectivity index (χ0) is 9.84. The second-order valence-corrected chi connectivity index (χ2v) is 2.66. The molecular weight excluding hydrogens is 178 g/mol. The Hall–Kier alpha value is -1.00. The van der Waals surface area contributed by atoms with E-state index in [4.69, 9.17) is 5.11 Å². The maximum Gasteiger partial charge on any atom is 0.131 e. The van der Waals surface area contributed by atoms with E-state index in [1.54, 1.807) is 0 Å². The Labute approximate surface area is 74.4 Å². The number of benzene rings is 1. The van der Waals surface area contributed by atoms with Gasteiger partial charge in [-0.2, -0.15) is 0 Å². The molecule has 0 aliphatic rings. The molecule has 1 aromatic carbocycles. The summed E-state index contributed by atoms with van der Waals surface area (Å²) in [6, 6.07) is 3.36. The number of aliphatic hydroxyl groups excluding tert-OH is 2.